The molecule has 1 fully saturated rings. The zero-order valence-corrected chi connectivity index (χ0v) is 11.7. The van der Waals surface area contributed by atoms with Crippen molar-refractivity contribution < 1.29 is 0 Å². The lowest BCUT2D eigenvalue weighted by molar-refractivity contribution is 0.249. The van der Waals surface area contributed by atoms with E-state index in [9.17, 15) is 0 Å². The van der Waals surface area contributed by atoms with Gasteiger partial charge < -0.3 is 15.1 Å². The highest BCUT2D eigenvalue weighted by molar-refractivity contribution is 5.47. The molecule has 1 N–H and O–H groups in total. The van der Waals surface area contributed by atoms with Gasteiger partial charge in [0, 0.05) is 25.7 Å². The van der Waals surface area contributed by atoms with E-state index in [0.717, 1.165) is 37.3 Å². The van der Waals surface area contributed by atoms with Gasteiger partial charge in [0.25, 0.3) is 0 Å². The van der Waals surface area contributed by atoms with Crippen molar-refractivity contribution in [2.24, 2.45) is 0 Å². The first kappa shape index (κ1) is 13.1. The molecule has 2 rings (SSSR count). The smallest absolute Gasteiger partial charge is 0.130 e. The minimum Gasteiger partial charge on any atom is -0.370 e. The van der Waals surface area contributed by atoms with Crippen molar-refractivity contribution in [3.63, 3.8) is 0 Å². The van der Waals surface area contributed by atoms with Crippen LogP contribution in [0.5, 0.6) is 0 Å². The van der Waals surface area contributed by atoms with Gasteiger partial charge in [0.05, 0.1) is 0 Å². The molecule has 0 atom stereocenters. The minimum atomic E-state index is 0.721. The fourth-order valence-corrected chi connectivity index (χ4v) is 2.49. The van der Waals surface area contributed by atoms with E-state index in [1.54, 1.807) is 0 Å². The number of hydrogen-bond donors (Lipinski definition) is 1. The molecule has 0 radical (unpaired) electrons. The van der Waals surface area contributed by atoms with Crippen LogP contribution in [0.2, 0.25) is 0 Å². The topological polar surface area (TPSA) is 31.4 Å². The van der Waals surface area contributed by atoms with Gasteiger partial charge in [0.15, 0.2) is 0 Å². The predicted octanol–water partition coefficient (Wildman–Crippen LogP) is 2.04. The third-order valence-electron chi connectivity index (χ3n) is 3.61. The number of anilines is 2. The maximum Gasteiger partial charge on any atom is 0.130 e. The number of piperidine rings is 1. The molecule has 1 aliphatic rings. The number of rotatable bonds is 4. The molecule has 4 heteroatoms. The Morgan fingerprint density at radius 2 is 2.06 bits per heavy atom. The van der Waals surface area contributed by atoms with Gasteiger partial charge in [-0.25, -0.2) is 4.98 Å². The van der Waals surface area contributed by atoms with Crippen LogP contribution in [0.3, 0.4) is 0 Å². The van der Waals surface area contributed by atoms with Crippen LogP contribution in [0, 0.1) is 0 Å². The normalized spacial score (nSPS) is 17.2. The maximum atomic E-state index is 4.66. The first-order valence-electron chi connectivity index (χ1n) is 6.83. The van der Waals surface area contributed by atoms with E-state index in [1.807, 2.05) is 6.07 Å². The molecule has 1 saturated heterocycles. The summed E-state index contributed by atoms with van der Waals surface area (Å²) in [6, 6.07) is 6.94. The molecular formula is C14H24N4. The van der Waals surface area contributed by atoms with Crippen molar-refractivity contribution in [1.29, 1.82) is 0 Å². The van der Waals surface area contributed by atoms with Crippen LogP contribution in [0.25, 0.3) is 0 Å². The summed E-state index contributed by atoms with van der Waals surface area (Å²) in [5, 5.41) is 3.27. The quantitative estimate of drug-likeness (QED) is 0.883. The second-order valence-electron chi connectivity index (χ2n) is 5.09. The Hall–Kier alpha value is -1.29. The molecule has 1 aliphatic heterocycles. The largest absolute Gasteiger partial charge is 0.370 e. The second-order valence-corrected chi connectivity index (χ2v) is 5.09. The second kappa shape index (κ2) is 6.05. The highest BCUT2D eigenvalue weighted by Crippen LogP contribution is 2.21. The predicted molar refractivity (Wildman–Crippen MR) is 77.3 cm³/mol. The Morgan fingerprint density at radius 3 is 2.67 bits per heavy atom. The monoisotopic (exact) mass is 248 g/mol. The van der Waals surface area contributed by atoms with Gasteiger partial charge in [0.1, 0.15) is 11.6 Å². The molecule has 1 aromatic rings. The van der Waals surface area contributed by atoms with Crippen LogP contribution in [0.1, 0.15) is 19.8 Å². The average molecular weight is 248 g/mol. The van der Waals surface area contributed by atoms with E-state index in [4.69, 9.17) is 0 Å². The molecule has 18 heavy (non-hydrogen) atoms. The van der Waals surface area contributed by atoms with Gasteiger partial charge in [0.2, 0.25) is 0 Å². The lowest BCUT2D eigenvalue weighted by Gasteiger charge is -2.35. The number of pyridine rings is 1. The summed E-state index contributed by atoms with van der Waals surface area (Å²) in [5.74, 6) is 2.08. The highest BCUT2D eigenvalue weighted by atomic mass is 15.2. The van der Waals surface area contributed by atoms with E-state index in [-0.39, 0.29) is 0 Å². The Kier molecular flexibility index (Phi) is 4.42. The van der Waals surface area contributed by atoms with Gasteiger partial charge in [-0.3, -0.25) is 0 Å². The summed E-state index contributed by atoms with van der Waals surface area (Å²) < 4.78 is 0. The van der Waals surface area contributed by atoms with Gasteiger partial charge >= 0.3 is 0 Å². The zero-order valence-electron chi connectivity index (χ0n) is 11.7. The zero-order chi connectivity index (χ0) is 13.0. The van der Waals surface area contributed by atoms with E-state index in [2.05, 4.69) is 53.3 Å². The Bertz CT molecular complexity index is 370. The van der Waals surface area contributed by atoms with Crippen LogP contribution in [0.4, 0.5) is 11.6 Å². The van der Waals surface area contributed by atoms with E-state index < -0.39 is 0 Å². The molecule has 2 heterocycles. The van der Waals surface area contributed by atoms with Crippen molar-refractivity contribution in [1.82, 2.24) is 9.88 Å². The number of nitrogens with one attached hydrogen (secondary N) is 1. The van der Waals surface area contributed by atoms with Crippen molar-refractivity contribution >= 4 is 11.6 Å². The molecule has 4 nitrogen and oxygen atoms in total. The molecule has 0 bridgehead atoms. The van der Waals surface area contributed by atoms with Crippen LogP contribution in [-0.4, -0.2) is 49.7 Å². The molecule has 0 unspecified atom stereocenters. The summed E-state index contributed by atoms with van der Waals surface area (Å²) in [7, 11) is 4.34. The van der Waals surface area contributed by atoms with Crippen LogP contribution < -0.4 is 10.2 Å². The lowest BCUT2D eigenvalue weighted by Crippen LogP contribution is -2.42. The average Bonchev–Trinajstić information content (AvgIpc) is 2.39. The Labute approximate surface area is 110 Å². The summed E-state index contributed by atoms with van der Waals surface area (Å²) in [6.07, 6.45) is 2.44. The summed E-state index contributed by atoms with van der Waals surface area (Å²) >= 11 is 0. The Morgan fingerprint density at radius 1 is 1.33 bits per heavy atom. The SMILES string of the molecule is CCNc1cccc(N2CCC(N(C)C)CC2)n1. The number of nitrogens with zero attached hydrogens (tertiary/aromatic N) is 3. The third kappa shape index (κ3) is 3.13. The third-order valence-corrected chi connectivity index (χ3v) is 3.61. The first-order chi connectivity index (χ1) is 8.70. The fourth-order valence-electron chi connectivity index (χ4n) is 2.49. The first-order valence-corrected chi connectivity index (χ1v) is 6.83. The maximum absolute atomic E-state index is 4.66. The molecule has 100 valence electrons. The fraction of sp³-hybridized carbons (Fsp3) is 0.643. The van der Waals surface area contributed by atoms with E-state index in [0.29, 0.717) is 0 Å². The lowest BCUT2D eigenvalue weighted by atomic mass is 10.0. The standard InChI is InChI=1S/C14H24N4/c1-4-15-13-6-5-7-14(16-13)18-10-8-12(9-11-18)17(2)3/h5-7,12H,4,8-11H2,1-3H3,(H,15,16). The van der Waals surface area contributed by atoms with Gasteiger partial charge in [-0.1, -0.05) is 6.07 Å². The molecule has 0 spiro atoms. The molecule has 0 saturated carbocycles. The highest BCUT2D eigenvalue weighted by Gasteiger charge is 2.21. The molecule has 0 aromatic carbocycles. The van der Waals surface area contributed by atoms with Crippen molar-refractivity contribution in [3.8, 4) is 0 Å². The van der Waals surface area contributed by atoms with E-state index >= 15 is 0 Å². The van der Waals surface area contributed by atoms with Crippen LogP contribution in [0.15, 0.2) is 18.2 Å². The molecular weight excluding hydrogens is 224 g/mol. The summed E-state index contributed by atoms with van der Waals surface area (Å²) in [4.78, 5) is 9.38. The molecule has 1 aromatic heterocycles. The van der Waals surface area contributed by atoms with Gasteiger partial charge in [-0.2, -0.15) is 0 Å². The van der Waals surface area contributed by atoms with Crippen molar-refractivity contribution in [2.75, 3.05) is 43.9 Å². The molecule has 0 amide bonds. The minimum absolute atomic E-state index is 0.721. The van der Waals surface area contributed by atoms with Crippen molar-refractivity contribution in [2.45, 2.75) is 25.8 Å². The van der Waals surface area contributed by atoms with Gasteiger partial charge in [-0.15, -0.1) is 0 Å². The van der Waals surface area contributed by atoms with Crippen LogP contribution in [-0.2, 0) is 0 Å². The van der Waals surface area contributed by atoms with Gasteiger partial charge in [-0.05, 0) is 46.0 Å². The van der Waals surface area contributed by atoms with Crippen LogP contribution >= 0.6 is 0 Å². The van der Waals surface area contributed by atoms with Crippen molar-refractivity contribution in [3.05, 3.63) is 18.2 Å². The van der Waals surface area contributed by atoms with E-state index in [1.165, 1.54) is 12.8 Å². The summed E-state index contributed by atoms with van der Waals surface area (Å²) in [5.41, 5.74) is 0. The molecule has 0 aliphatic carbocycles. The number of aromatic nitrogens is 1. The summed E-state index contributed by atoms with van der Waals surface area (Å²) in [6.45, 7) is 5.22. The Balaban J connectivity index is 1.98. The number of hydrogen-bond acceptors (Lipinski definition) is 4.